The number of amides is 1. The highest BCUT2D eigenvalue weighted by atomic mass is 35.5. The SMILES string of the molecule is CC1CN(c2ccc(Cl)c(F)c2)CCN1C(=O)c1csc(=O)[nH]1. The topological polar surface area (TPSA) is 56.4 Å². The minimum atomic E-state index is -0.453. The fourth-order valence-corrected chi connectivity index (χ4v) is 3.39. The van der Waals surface area contributed by atoms with Gasteiger partial charge in [0, 0.05) is 36.7 Å². The smallest absolute Gasteiger partial charge is 0.305 e. The molecule has 1 aliphatic rings. The molecule has 1 amide bonds. The van der Waals surface area contributed by atoms with Gasteiger partial charge in [0.1, 0.15) is 11.5 Å². The van der Waals surface area contributed by atoms with Crippen molar-refractivity contribution < 1.29 is 9.18 Å². The molecule has 3 rings (SSSR count). The van der Waals surface area contributed by atoms with Crippen molar-refractivity contribution in [2.45, 2.75) is 13.0 Å². The average Bonchev–Trinajstić information content (AvgIpc) is 2.96. The third kappa shape index (κ3) is 3.25. The fraction of sp³-hybridized carbons (Fsp3) is 0.333. The van der Waals surface area contributed by atoms with E-state index in [0.717, 1.165) is 17.0 Å². The zero-order chi connectivity index (χ0) is 16.6. The molecule has 0 saturated carbocycles. The minimum Gasteiger partial charge on any atom is -0.368 e. The third-order valence-corrected chi connectivity index (χ3v) is 4.88. The summed E-state index contributed by atoms with van der Waals surface area (Å²) >= 11 is 6.68. The zero-order valence-electron chi connectivity index (χ0n) is 12.4. The summed E-state index contributed by atoms with van der Waals surface area (Å²) in [7, 11) is 0. The number of piperazine rings is 1. The van der Waals surface area contributed by atoms with Gasteiger partial charge in [-0.3, -0.25) is 9.59 Å². The maximum atomic E-state index is 13.6. The molecule has 1 unspecified atom stereocenters. The van der Waals surface area contributed by atoms with E-state index in [1.165, 1.54) is 12.1 Å². The molecule has 0 bridgehead atoms. The van der Waals surface area contributed by atoms with E-state index in [1.807, 2.05) is 11.8 Å². The number of halogens is 2. The summed E-state index contributed by atoms with van der Waals surface area (Å²) in [5.41, 5.74) is 1.06. The van der Waals surface area contributed by atoms with E-state index in [1.54, 1.807) is 16.3 Å². The van der Waals surface area contributed by atoms with Crippen LogP contribution in [0.25, 0.3) is 0 Å². The van der Waals surface area contributed by atoms with Gasteiger partial charge in [0.25, 0.3) is 5.91 Å². The van der Waals surface area contributed by atoms with Gasteiger partial charge in [0.2, 0.25) is 0 Å². The van der Waals surface area contributed by atoms with E-state index in [0.29, 0.717) is 25.3 Å². The van der Waals surface area contributed by atoms with E-state index in [2.05, 4.69) is 4.98 Å². The molecule has 0 aliphatic carbocycles. The number of aromatic amines is 1. The lowest BCUT2D eigenvalue weighted by molar-refractivity contribution is 0.0668. The van der Waals surface area contributed by atoms with E-state index in [9.17, 15) is 14.0 Å². The molecular formula is C15H15ClFN3O2S. The van der Waals surface area contributed by atoms with Crippen LogP contribution in [0.1, 0.15) is 17.4 Å². The van der Waals surface area contributed by atoms with Gasteiger partial charge in [-0.15, -0.1) is 0 Å². The molecule has 2 heterocycles. The van der Waals surface area contributed by atoms with Crippen molar-refractivity contribution >= 4 is 34.5 Å². The molecule has 1 N–H and O–H groups in total. The average molecular weight is 356 g/mol. The summed E-state index contributed by atoms with van der Waals surface area (Å²) < 4.78 is 13.6. The number of H-pyrrole nitrogens is 1. The molecule has 0 radical (unpaired) electrons. The van der Waals surface area contributed by atoms with E-state index in [4.69, 9.17) is 11.6 Å². The summed E-state index contributed by atoms with van der Waals surface area (Å²) in [6.45, 7) is 3.61. The number of thiazole rings is 1. The van der Waals surface area contributed by atoms with E-state index >= 15 is 0 Å². The Labute approximate surface area is 141 Å². The van der Waals surface area contributed by atoms with Gasteiger partial charge in [-0.2, -0.15) is 0 Å². The van der Waals surface area contributed by atoms with Crippen molar-refractivity contribution in [3.63, 3.8) is 0 Å². The minimum absolute atomic E-state index is 0.0570. The second-order valence-electron chi connectivity index (χ2n) is 5.45. The van der Waals surface area contributed by atoms with Crippen molar-refractivity contribution in [2.24, 2.45) is 0 Å². The van der Waals surface area contributed by atoms with Crippen LogP contribution in [0.15, 0.2) is 28.4 Å². The first-order valence-electron chi connectivity index (χ1n) is 7.14. The summed E-state index contributed by atoms with van der Waals surface area (Å²) in [6.07, 6.45) is 0. The molecule has 5 nitrogen and oxygen atoms in total. The number of rotatable bonds is 2. The Hall–Kier alpha value is -1.86. The molecular weight excluding hydrogens is 341 g/mol. The Bertz CT molecular complexity index is 791. The Morgan fingerprint density at radius 2 is 2.22 bits per heavy atom. The second kappa shape index (κ2) is 6.33. The van der Waals surface area contributed by atoms with Gasteiger partial charge in [0.15, 0.2) is 0 Å². The molecule has 122 valence electrons. The highest BCUT2D eigenvalue weighted by Crippen LogP contribution is 2.24. The number of nitrogens with zero attached hydrogens (tertiary/aromatic N) is 2. The molecule has 1 aromatic heterocycles. The van der Waals surface area contributed by atoms with Crippen LogP contribution in [0.2, 0.25) is 5.02 Å². The monoisotopic (exact) mass is 355 g/mol. The summed E-state index contributed by atoms with van der Waals surface area (Å²) in [5.74, 6) is -0.635. The van der Waals surface area contributed by atoms with Gasteiger partial charge in [-0.05, 0) is 25.1 Å². The van der Waals surface area contributed by atoms with Gasteiger partial charge >= 0.3 is 4.87 Å². The largest absolute Gasteiger partial charge is 0.368 e. The molecule has 1 saturated heterocycles. The molecule has 8 heteroatoms. The normalized spacial score (nSPS) is 18.3. The van der Waals surface area contributed by atoms with Crippen molar-refractivity contribution in [2.75, 3.05) is 24.5 Å². The van der Waals surface area contributed by atoms with Crippen molar-refractivity contribution in [3.8, 4) is 0 Å². The maximum Gasteiger partial charge on any atom is 0.305 e. The van der Waals surface area contributed by atoms with E-state index < -0.39 is 5.82 Å². The quantitative estimate of drug-likeness (QED) is 0.900. The van der Waals surface area contributed by atoms with Crippen LogP contribution in [0.4, 0.5) is 10.1 Å². The van der Waals surface area contributed by atoms with Gasteiger partial charge in [0.05, 0.1) is 5.02 Å². The Kier molecular flexibility index (Phi) is 4.41. The van der Waals surface area contributed by atoms with Crippen LogP contribution in [0, 0.1) is 5.82 Å². The van der Waals surface area contributed by atoms with Gasteiger partial charge in [-0.25, -0.2) is 4.39 Å². The van der Waals surface area contributed by atoms with Crippen molar-refractivity contribution in [1.29, 1.82) is 0 Å². The van der Waals surface area contributed by atoms with Crippen molar-refractivity contribution in [3.05, 3.63) is 49.8 Å². The molecule has 1 atom stereocenters. The van der Waals surface area contributed by atoms with Crippen LogP contribution in [-0.4, -0.2) is 41.5 Å². The van der Waals surface area contributed by atoms with Crippen LogP contribution in [-0.2, 0) is 0 Å². The lowest BCUT2D eigenvalue weighted by Crippen LogP contribution is -2.54. The number of carbonyl (C=O) groups excluding carboxylic acids is 1. The highest BCUT2D eigenvalue weighted by Gasteiger charge is 2.29. The van der Waals surface area contributed by atoms with Crippen molar-refractivity contribution in [1.82, 2.24) is 9.88 Å². The number of nitrogens with one attached hydrogen (secondary N) is 1. The number of benzene rings is 1. The van der Waals surface area contributed by atoms with Crippen LogP contribution in [0.5, 0.6) is 0 Å². The lowest BCUT2D eigenvalue weighted by Gasteiger charge is -2.40. The first-order chi connectivity index (χ1) is 11.0. The predicted molar refractivity (Wildman–Crippen MR) is 89.1 cm³/mol. The number of anilines is 1. The first kappa shape index (κ1) is 16.0. The number of hydrogen-bond donors (Lipinski definition) is 1. The predicted octanol–water partition coefficient (Wildman–Crippen LogP) is 2.58. The molecule has 23 heavy (non-hydrogen) atoms. The van der Waals surface area contributed by atoms with Crippen LogP contribution in [0.3, 0.4) is 0 Å². The van der Waals surface area contributed by atoms with Gasteiger partial charge in [-0.1, -0.05) is 22.9 Å². The maximum absolute atomic E-state index is 13.6. The standard InChI is InChI=1S/C15H15ClFN3O2S/c1-9-7-19(10-2-3-11(16)12(17)6-10)4-5-20(9)14(21)13-8-23-15(22)18-13/h2-3,6,8-9H,4-5,7H2,1H3,(H,18,22). The number of aromatic nitrogens is 1. The Morgan fingerprint density at radius 1 is 1.43 bits per heavy atom. The summed E-state index contributed by atoms with van der Waals surface area (Å²) in [6, 6.07) is 4.65. The molecule has 1 aromatic carbocycles. The lowest BCUT2D eigenvalue weighted by atomic mass is 10.1. The summed E-state index contributed by atoms with van der Waals surface area (Å²) in [5, 5.41) is 1.63. The Morgan fingerprint density at radius 3 is 2.83 bits per heavy atom. The highest BCUT2D eigenvalue weighted by molar-refractivity contribution is 7.07. The molecule has 2 aromatic rings. The number of hydrogen-bond acceptors (Lipinski definition) is 4. The number of carbonyl (C=O) groups is 1. The van der Waals surface area contributed by atoms with Crippen LogP contribution >= 0.6 is 22.9 Å². The van der Waals surface area contributed by atoms with E-state index in [-0.39, 0.29) is 21.8 Å². The molecule has 0 spiro atoms. The summed E-state index contributed by atoms with van der Waals surface area (Å²) in [4.78, 5) is 29.7. The van der Waals surface area contributed by atoms with Crippen LogP contribution < -0.4 is 9.77 Å². The molecule has 1 aliphatic heterocycles. The first-order valence-corrected chi connectivity index (χ1v) is 8.40. The third-order valence-electron chi connectivity index (χ3n) is 3.91. The zero-order valence-corrected chi connectivity index (χ0v) is 14.0. The van der Waals surface area contributed by atoms with Gasteiger partial charge < -0.3 is 14.8 Å². The second-order valence-corrected chi connectivity index (χ2v) is 6.70. The fourth-order valence-electron chi connectivity index (χ4n) is 2.72. The Balaban J connectivity index is 1.73. The molecule has 1 fully saturated rings.